The number of carbonyl (C=O) groups is 3. The molecule has 0 bridgehead atoms. The molecule has 0 aromatic rings. The molecule has 26 heavy (non-hydrogen) atoms. The van der Waals surface area contributed by atoms with Crippen molar-refractivity contribution in [3.05, 3.63) is 0 Å². The SMILES string of the molecule is CC(C)(C)OC(=O)NC(COC(F)F)C(=O)NC(COC(F)F)C(=O)O. The monoisotopic (exact) mass is 392 g/mol. The number of rotatable bonds is 10. The zero-order chi connectivity index (χ0) is 20.5. The number of nitrogens with one attached hydrogen (secondary N) is 2. The summed E-state index contributed by atoms with van der Waals surface area (Å²) in [5, 5.41) is 12.6. The van der Waals surface area contributed by atoms with Crippen LogP contribution in [-0.4, -0.2) is 67.2 Å². The second-order valence-electron chi connectivity index (χ2n) is 5.79. The molecular weight excluding hydrogens is 372 g/mol. The Labute approximate surface area is 145 Å². The second-order valence-corrected chi connectivity index (χ2v) is 5.79. The van der Waals surface area contributed by atoms with Gasteiger partial charge in [-0.15, -0.1) is 0 Å². The van der Waals surface area contributed by atoms with Crippen LogP contribution in [-0.2, 0) is 23.8 Å². The molecule has 0 aliphatic heterocycles. The number of carbonyl (C=O) groups excluding carboxylic acids is 2. The van der Waals surface area contributed by atoms with Gasteiger partial charge in [0.1, 0.15) is 11.6 Å². The van der Waals surface area contributed by atoms with Gasteiger partial charge in [-0.25, -0.2) is 9.59 Å². The van der Waals surface area contributed by atoms with Crippen molar-refractivity contribution in [2.24, 2.45) is 0 Å². The molecule has 2 atom stereocenters. The van der Waals surface area contributed by atoms with Crippen LogP contribution >= 0.6 is 0 Å². The maximum atomic E-state index is 12.2. The van der Waals surface area contributed by atoms with E-state index in [0.717, 1.165) is 0 Å². The van der Waals surface area contributed by atoms with Gasteiger partial charge in [0.15, 0.2) is 6.04 Å². The molecule has 0 aromatic heterocycles. The minimum atomic E-state index is -3.29. The summed E-state index contributed by atoms with van der Waals surface area (Å²) in [5.74, 6) is -2.99. The van der Waals surface area contributed by atoms with Crippen LogP contribution in [0, 0.1) is 0 Å². The number of halogens is 4. The molecule has 0 aliphatic rings. The zero-order valence-electron chi connectivity index (χ0n) is 14.1. The Hall–Kier alpha value is -2.15. The van der Waals surface area contributed by atoms with Crippen molar-refractivity contribution in [2.45, 2.75) is 51.7 Å². The van der Waals surface area contributed by atoms with Crippen molar-refractivity contribution in [1.82, 2.24) is 10.6 Å². The number of hydrogen-bond acceptors (Lipinski definition) is 6. The number of alkyl halides is 4. The molecule has 0 aromatic carbocycles. The molecular formula is C13H20F4N2O7. The van der Waals surface area contributed by atoms with Gasteiger partial charge in [0.25, 0.3) is 0 Å². The van der Waals surface area contributed by atoms with Crippen LogP contribution in [0.5, 0.6) is 0 Å². The molecule has 0 radical (unpaired) electrons. The number of carboxylic acids is 1. The number of alkyl carbamates (subject to hydrolysis) is 1. The van der Waals surface area contributed by atoms with Crippen LogP contribution in [0.15, 0.2) is 0 Å². The highest BCUT2D eigenvalue weighted by atomic mass is 19.3. The average Bonchev–Trinajstić information content (AvgIpc) is 2.44. The smallest absolute Gasteiger partial charge is 0.408 e. The summed E-state index contributed by atoms with van der Waals surface area (Å²) in [6.07, 6.45) is -1.16. The third-order valence-electron chi connectivity index (χ3n) is 2.40. The first-order valence-electron chi connectivity index (χ1n) is 7.14. The fourth-order valence-corrected chi connectivity index (χ4v) is 1.42. The minimum absolute atomic E-state index is 0.969. The van der Waals surface area contributed by atoms with E-state index in [2.05, 4.69) is 9.47 Å². The lowest BCUT2D eigenvalue weighted by Gasteiger charge is -2.24. The predicted molar refractivity (Wildman–Crippen MR) is 76.6 cm³/mol. The van der Waals surface area contributed by atoms with Crippen molar-refractivity contribution < 1.29 is 51.3 Å². The van der Waals surface area contributed by atoms with E-state index in [-0.39, 0.29) is 0 Å². The van der Waals surface area contributed by atoms with Crippen molar-refractivity contribution in [3.8, 4) is 0 Å². The van der Waals surface area contributed by atoms with Crippen LogP contribution in [0.1, 0.15) is 20.8 Å². The molecule has 0 heterocycles. The predicted octanol–water partition coefficient (Wildman–Crippen LogP) is 0.927. The van der Waals surface area contributed by atoms with Crippen LogP contribution in [0.3, 0.4) is 0 Å². The van der Waals surface area contributed by atoms with Gasteiger partial charge in [0.05, 0.1) is 13.2 Å². The average molecular weight is 392 g/mol. The van der Waals surface area contributed by atoms with Crippen LogP contribution in [0.4, 0.5) is 22.4 Å². The first kappa shape index (κ1) is 23.9. The quantitative estimate of drug-likeness (QED) is 0.473. The maximum Gasteiger partial charge on any atom is 0.408 e. The molecule has 0 spiro atoms. The highest BCUT2D eigenvalue weighted by Gasteiger charge is 2.30. The first-order valence-corrected chi connectivity index (χ1v) is 7.14. The summed E-state index contributed by atoms with van der Waals surface area (Å²) < 4.78 is 60.9. The van der Waals surface area contributed by atoms with E-state index in [1.807, 2.05) is 5.32 Å². The van der Waals surface area contributed by atoms with Crippen LogP contribution in [0.25, 0.3) is 0 Å². The summed E-state index contributed by atoms with van der Waals surface area (Å²) in [5.41, 5.74) is -0.969. The number of ether oxygens (including phenoxy) is 3. The van der Waals surface area contributed by atoms with E-state index in [0.29, 0.717) is 0 Å². The molecule has 13 heteroatoms. The largest absolute Gasteiger partial charge is 0.480 e. The molecule has 2 amide bonds. The molecule has 2 unspecified atom stereocenters. The lowest BCUT2D eigenvalue weighted by atomic mass is 10.2. The molecule has 0 saturated heterocycles. The van der Waals surface area contributed by atoms with Gasteiger partial charge in [-0.1, -0.05) is 0 Å². The Morgan fingerprint density at radius 2 is 1.38 bits per heavy atom. The van der Waals surface area contributed by atoms with Gasteiger partial charge in [-0.3, -0.25) is 4.79 Å². The van der Waals surface area contributed by atoms with E-state index in [1.165, 1.54) is 20.8 Å². The zero-order valence-corrected chi connectivity index (χ0v) is 14.1. The van der Waals surface area contributed by atoms with Crippen LogP contribution in [0.2, 0.25) is 0 Å². The summed E-state index contributed by atoms with van der Waals surface area (Å²) in [4.78, 5) is 34.6. The van der Waals surface area contributed by atoms with Crippen molar-refractivity contribution >= 4 is 18.0 Å². The Bertz CT molecular complexity index is 486. The van der Waals surface area contributed by atoms with Gasteiger partial charge >= 0.3 is 25.3 Å². The normalized spacial score (nSPS) is 14.0. The number of aliphatic carboxylic acids is 1. The molecule has 9 nitrogen and oxygen atoms in total. The summed E-state index contributed by atoms with van der Waals surface area (Å²) >= 11 is 0. The van der Waals surface area contributed by atoms with Gasteiger partial charge in [0, 0.05) is 0 Å². The van der Waals surface area contributed by atoms with E-state index >= 15 is 0 Å². The van der Waals surface area contributed by atoms with Crippen molar-refractivity contribution in [3.63, 3.8) is 0 Å². The van der Waals surface area contributed by atoms with Gasteiger partial charge in [-0.2, -0.15) is 17.6 Å². The first-order chi connectivity index (χ1) is 11.8. The summed E-state index contributed by atoms with van der Waals surface area (Å²) in [7, 11) is 0. The third-order valence-corrected chi connectivity index (χ3v) is 2.40. The fraction of sp³-hybridized carbons (Fsp3) is 0.769. The minimum Gasteiger partial charge on any atom is -0.480 e. The van der Waals surface area contributed by atoms with E-state index in [1.54, 1.807) is 5.32 Å². The molecule has 152 valence electrons. The van der Waals surface area contributed by atoms with E-state index < -0.39 is 62.1 Å². The number of hydrogen-bond donors (Lipinski definition) is 3. The second kappa shape index (κ2) is 10.8. The Balaban J connectivity index is 5.00. The molecule has 0 fully saturated rings. The Morgan fingerprint density at radius 1 is 0.923 bits per heavy atom. The van der Waals surface area contributed by atoms with Gasteiger partial charge in [0.2, 0.25) is 5.91 Å². The summed E-state index contributed by atoms with van der Waals surface area (Å²) in [6.45, 7) is -4.17. The van der Waals surface area contributed by atoms with E-state index in [4.69, 9.17) is 9.84 Å². The molecule has 0 rings (SSSR count). The molecule has 0 saturated carbocycles. The Morgan fingerprint density at radius 3 is 1.77 bits per heavy atom. The van der Waals surface area contributed by atoms with Gasteiger partial charge in [-0.05, 0) is 20.8 Å². The number of carboxylic acid groups (broad SMARTS) is 1. The topological polar surface area (TPSA) is 123 Å². The lowest BCUT2D eigenvalue weighted by Crippen LogP contribution is -2.55. The molecule has 0 aliphatic carbocycles. The highest BCUT2D eigenvalue weighted by molar-refractivity contribution is 5.89. The third kappa shape index (κ3) is 11.4. The standard InChI is InChI=1S/C13H20F4N2O7/c1-13(2,3)26-12(23)19-6(4-24-10(14)15)8(20)18-7(9(21)22)5-25-11(16)17/h6-7,10-11H,4-5H2,1-3H3,(H,18,20)(H,19,23)(H,21,22). The lowest BCUT2D eigenvalue weighted by molar-refractivity contribution is -0.158. The number of amides is 2. The molecule has 3 N–H and O–H groups in total. The summed E-state index contributed by atoms with van der Waals surface area (Å²) in [6, 6.07) is -3.68. The Kier molecular flexibility index (Phi) is 9.86. The fourth-order valence-electron chi connectivity index (χ4n) is 1.42. The highest BCUT2D eigenvalue weighted by Crippen LogP contribution is 2.07. The van der Waals surface area contributed by atoms with E-state index in [9.17, 15) is 31.9 Å². The van der Waals surface area contributed by atoms with Crippen molar-refractivity contribution in [1.29, 1.82) is 0 Å². The van der Waals surface area contributed by atoms with Crippen LogP contribution < -0.4 is 10.6 Å². The van der Waals surface area contributed by atoms with Gasteiger partial charge < -0.3 is 30.0 Å². The maximum absolute atomic E-state index is 12.2. The van der Waals surface area contributed by atoms with Crippen molar-refractivity contribution in [2.75, 3.05) is 13.2 Å².